The van der Waals surface area contributed by atoms with Crippen LogP contribution in [-0.4, -0.2) is 57.1 Å². The average Bonchev–Trinajstić information content (AvgIpc) is 2.79. The maximum absolute atomic E-state index is 11.5. The highest BCUT2D eigenvalue weighted by atomic mass is 16.6. The number of aliphatic hydroxyl groups excluding tert-OH is 3. The number of aliphatic hydroxyl groups is 3. The fourth-order valence-corrected chi connectivity index (χ4v) is 2.14. The molecule has 9 heteroatoms. The highest BCUT2D eigenvalue weighted by Crippen LogP contribution is 2.21. The first-order chi connectivity index (χ1) is 11.3. The predicted molar refractivity (Wildman–Crippen MR) is 79.1 cm³/mol. The van der Waals surface area contributed by atoms with Gasteiger partial charge in [-0.1, -0.05) is 19.3 Å². The molecule has 0 amide bonds. The van der Waals surface area contributed by atoms with Crippen molar-refractivity contribution in [3.05, 3.63) is 11.5 Å². The van der Waals surface area contributed by atoms with E-state index in [0.717, 1.165) is 19.3 Å². The zero-order valence-electron chi connectivity index (χ0n) is 13.1. The zero-order valence-corrected chi connectivity index (χ0v) is 13.1. The van der Waals surface area contributed by atoms with Crippen LogP contribution in [0.5, 0.6) is 0 Å². The van der Waals surface area contributed by atoms with E-state index in [1.807, 2.05) is 0 Å². The molecule has 0 saturated heterocycles. The Bertz CT molecular complexity index is 497. The summed E-state index contributed by atoms with van der Waals surface area (Å²) in [5, 5.41) is 36.7. The van der Waals surface area contributed by atoms with Crippen molar-refractivity contribution in [1.29, 1.82) is 0 Å². The van der Waals surface area contributed by atoms with Crippen molar-refractivity contribution in [1.82, 2.24) is 0 Å². The molecule has 0 fully saturated rings. The van der Waals surface area contributed by atoms with Crippen LogP contribution in [0.25, 0.3) is 0 Å². The molecule has 1 aliphatic heterocycles. The third-order valence-electron chi connectivity index (χ3n) is 3.48. The first-order valence-electron chi connectivity index (χ1n) is 7.71. The molecule has 2 atom stereocenters. The van der Waals surface area contributed by atoms with Crippen molar-refractivity contribution in [2.75, 3.05) is 6.61 Å². The van der Waals surface area contributed by atoms with Gasteiger partial charge in [-0.05, 0) is 12.8 Å². The van der Waals surface area contributed by atoms with Crippen molar-refractivity contribution in [3.63, 3.8) is 0 Å². The summed E-state index contributed by atoms with van der Waals surface area (Å²) >= 11 is 0. The number of carboxylic acids is 1. The molecule has 0 saturated carbocycles. The van der Waals surface area contributed by atoms with E-state index < -0.39 is 48.2 Å². The predicted octanol–water partition coefficient (Wildman–Crippen LogP) is 0.959. The molecule has 136 valence electrons. The number of carbonyl (C=O) groups is 3. The van der Waals surface area contributed by atoms with Gasteiger partial charge in [0.2, 0.25) is 5.76 Å². The van der Waals surface area contributed by atoms with Crippen LogP contribution in [0.3, 0.4) is 0 Å². The highest BCUT2D eigenvalue weighted by molar-refractivity contribution is 5.89. The number of carboxylic acid groups (broad SMARTS) is 1. The minimum atomic E-state index is -1.47. The topological polar surface area (TPSA) is 151 Å². The van der Waals surface area contributed by atoms with E-state index in [2.05, 4.69) is 4.74 Å². The van der Waals surface area contributed by atoms with Crippen LogP contribution < -0.4 is 0 Å². The number of esters is 2. The van der Waals surface area contributed by atoms with Crippen LogP contribution in [0.15, 0.2) is 11.5 Å². The maximum atomic E-state index is 11.5. The van der Waals surface area contributed by atoms with Gasteiger partial charge in [0.15, 0.2) is 11.9 Å². The Kier molecular flexibility index (Phi) is 8.03. The number of rotatable bonds is 11. The van der Waals surface area contributed by atoms with Crippen LogP contribution in [0.1, 0.15) is 44.9 Å². The van der Waals surface area contributed by atoms with Crippen LogP contribution in [0, 0.1) is 0 Å². The number of unbranched alkanes of at least 4 members (excludes halogenated alkanes) is 4. The number of hydrogen-bond donors (Lipinski definition) is 4. The Hall–Kier alpha value is -2.29. The largest absolute Gasteiger partial charge is 0.505 e. The number of aliphatic carboxylic acids is 1. The summed E-state index contributed by atoms with van der Waals surface area (Å²) in [4.78, 5) is 32.8. The first kappa shape index (κ1) is 19.8. The lowest BCUT2D eigenvalue weighted by atomic mass is 10.1. The second kappa shape index (κ2) is 9.76. The smallest absolute Gasteiger partial charge is 0.377 e. The third kappa shape index (κ3) is 6.45. The van der Waals surface area contributed by atoms with Crippen LogP contribution >= 0.6 is 0 Å². The fraction of sp³-hybridized carbons (Fsp3) is 0.667. The van der Waals surface area contributed by atoms with Crippen LogP contribution in [-0.2, 0) is 23.9 Å². The van der Waals surface area contributed by atoms with Gasteiger partial charge in [-0.3, -0.25) is 9.59 Å². The summed E-state index contributed by atoms with van der Waals surface area (Å²) in [5.41, 5.74) is 0. The molecule has 1 rings (SSSR count). The Balaban J connectivity index is 2.12. The van der Waals surface area contributed by atoms with Gasteiger partial charge in [0, 0.05) is 12.8 Å². The van der Waals surface area contributed by atoms with Crippen molar-refractivity contribution in [2.24, 2.45) is 0 Å². The summed E-state index contributed by atoms with van der Waals surface area (Å²) < 4.78 is 9.36. The number of cyclic esters (lactones) is 1. The van der Waals surface area contributed by atoms with E-state index in [1.165, 1.54) is 0 Å². The third-order valence-corrected chi connectivity index (χ3v) is 3.48. The molecular formula is C15H22O9. The summed E-state index contributed by atoms with van der Waals surface area (Å²) in [6.45, 7) is -0.479. The number of ether oxygens (including phenoxy) is 2. The Morgan fingerprint density at radius 3 is 2.21 bits per heavy atom. The molecule has 9 nitrogen and oxygen atoms in total. The quantitative estimate of drug-likeness (QED) is 0.317. The van der Waals surface area contributed by atoms with E-state index in [0.29, 0.717) is 12.8 Å². The Morgan fingerprint density at radius 1 is 1.08 bits per heavy atom. The molecule has 0 aromatic carbocycles. The van der Waals surface area contributed by atoms with Gasteiger partial charge < -0.3 is 29.9 Å². The molecule has 0 aromatic heterocycles. The maximum Gasteiger partial charge on any atom is 0.377 e. The summed E-state index contributed by atoms with van der Waals surface area (Å²) in [7, 11) is 0. The molecule has 0 aromatic rings. The summed E-state index contributed by atoms with van der Waals surface area (Å²) in [6, 6.07) is 0. The molecular weight excluding hydrogens is 324 g/mol. The zero-order chi connectivity index (χ0) is 18.1. The second-order valence-electron chi connectivity index (χ2n) is 5.47. The Morgan fingerprint density at radius 2 is 1.67 bits per heavy atom. The minimum Gasteiger partial charge on any atom is -0.505 e. The molecule has 0 unspecified atom stereocenters. The first-order valence-corrected chi connectivity index (χ1v) is 7.71. The second-order valence-corrected chi connectivity index (χ2v) is 5.47. The van der Waals surface area contributed by atoms with Gasteiger partial charge in [0.25, 0.3) is 0 Å². The summed E-state index contributed by atoms with van der Waals surface area (Å²) in [6.07, 6.45) is 0.905. The Labute approximate surface area is 138 Å². The molecule has 0 bridgehead atoms. The van der Waals surface area contributed by atoms with Gasteiger partial charge in [-0.15, -0.1) is 0 Å². The SMILES string of the molecule is O=C(O)CCCCCCCC(=O)OC[C@H](O)[C@H]1OC(=O)C(O)=C1O. The van der Waals surface area contributed by atoms with Crippen molar-refractivity contribution in [3.8, 4) is 0 Å². The lowest BCUT2D eigenvalue weighted by Crippen LogP contribution is -2.33. The van der Waals surface area contributed by atoms with E-state index in [1.54, 1.807) is 0 Å². The summed E-state index contributed by atoms with van der Waals surface area (Å²) in [5.74, 6) is -4.26. The number of hydrogen-bond acceptors (Lipinski definition) is 8. The monoisotopic (exact) mass is 346 g/mol. The molecule has 4 N–H and O–H groups in total. The molecule has 0 aliphatic carbocycles. The molecule has 0 radical (unpaired) electrons. The standard InChI is InChI=1S/C15H22O9/c16-9(14-12(20)13(21)15(22)24-14)8-23-11(19)7-5-3-1-2-4-6-10(17)18/h9,14,16,20-21H,1-8H2,(H,17,18)/t9-,14+/m0/s1. The minimum absolute atomic E-state index is 0.141. The molecule has 0 spiro atoms. The van der Waals surface area contributed by atoms with Gasteiger partial charge in [0.05, 0.1) is 0 Å². The lowest BCUT2D eigenvalue weighted by Gasteiger charge is -2.17. The lowest BCUT2D eigenvalue weighted by molar-refractivity contribution is -0.154. The van der Waals surface area contributed by atoms with Crippen molar-refractivity contribution >= 4 is 17.9 Å². The van der Waals surface area contributed by atoms with E-state index in [-0.39, 0.29) is 12.8 Å². The van der Waals surface area contributed by atoms with E-state index in [9.17, 15) is 24.6 Å². The van der Waals surface area contributed by atoms with E-state index >= 15 is 0 Å². The van der Waals surface area contributed by atoms with Crippen LogP contribution in [0.2, 0.25) is 0 Å². The van der Waals surface area contributed by atoms with E-state index in [4.69, 9.17) is 14.9 Å². The van der Waals surface area contributed by atoms with Crippen molar-refractivity contribution in [2.45, 2.75) is 57.2 Å². The van der Waals surface area contributed by atoms with Crippen LogP contribution in [0.4, 0.5) is 0 Å². The molecule has 1 aliphatic rings. The van der Waals surface area contributed by atoms with Gasteiger partial charge in [-0.25, -0.2) is 4.79 Å². The molecule has 1 heterocycles. The number of carbonyl (C=O) groups excluding carboxylic acids is 2. The van der Waals surface area contributed by atoms with Gasteiger partial charge >= 0.3 is 17.9 Å². The average molecular weight is 346 g/mol. The normalized spacial score (nSPS) is 18.4. The van der Waals surface area contributed by atoms with Gasteiger partial charge in [-0.2, -0.15) is 0 Å². The molecule has 24 heavy (non-hydrogen) atoms. The van der Waals surface area contributed by atoms with Gasteiger partial charge in [0.1, 0.15) is 12.7 Å². The highest BCUT2D eigenvalue weighted by Gasteiger charge is 2.39. The fourth-order valence-electron chi connectivity index (χ4n) is 2.14. The van der Waals surface area contributed by atoms with Crippen molar-refractivity contribution < 1.29 is 44.3 Å².